The minimum atomic E-state index is -1.14. The number of nitrogens with one attached hydrogen (secondary N) is 1. The maximum Gasteiger partial charge on any atom is 0.312 e. The second-order valence-corrected chi connectivity index (χ2v) is 3.89. The fourth-order valence-corrected chi connectivity index (χ4v) is 1.44. The zero-order valence-corrected chi connectivity index (χ0v) is 9.67. The Labute approximate surface area is 95.4 Å². The summed E-state index contributed by atoms with van der Waals surface area (Å²) in [5, 5.41) is 10.9. The van der Waals surface area contributed by atoms with Crippen LogP contribution in [0.2, 0.25) is 0 Å². The van der Waals surface area contributed by atoms with Gasteiger partial charge in [0.15, 0.2) is 0 Å². The van der Waals surface area contributed by atoms with E-state index in [1.807, 2.05) is 13.0 Å². The van der Waals surface area contributed by atoms with Gasteiger partial charge in [-0.15, -0.1) is 0 Å². The molecule has 1 amide bonds. The molecule has 80 valence electrons. The Morgan fingerprint density at radius 3 is 2.73 bits per heavy atom. The third-order valence-corrected chi connectivity index (χ3v) is 2.71. The number of anilines is 1. The molecule has 4 nitrogen and oxygen atoms in total. The van der Waals surface area contributed by atoms with Gasteiger partial charge in [0.05, 0.1) is 0 Å². The van der Waals surface area contributed by atoms with Crippen molar-refractivity contribution in [1.82, 2.24) is 0 Å². The topological polar surface area (TPSA) is 66.4 Å². The number of aliphatic carboxylic acids is 1. The van der Waals surface area contributed by atoms with Crippen molar-refractivity contribution >= 4 is 33.5 Å². The van der Waals surface area contributed by atoms with Crippen LogP contribution in [0.5, 0.6) is 0 Å². The van der Waals surface area contributed by atoms with Crippen LogP contribution >= 0.6 is 15.9 Å². The van der Waals surface area contributed by atoms with E-state index in [0.717, 1.165) is 10.0 Å². The Bertz CT molecular complexity index is 404. The molecule has 2 N–H and O–H groups in total. The first-order chi connectivity index (χ1) is 7.00. The number of amides is 1. The number of hydrogen-bond acceptors (Lipinski definition) is 2. The average Bonchev–Trinajstić information content (AvgIpc) is 2.11. The van der Waals surface area contributed by atoms with Gasteiger partial charge in [0.25, 0.3) is 0 Å². The molecule has 0 aliphatic rings. The smallest absolute Gasteiger partial charge is 0.312 e. The van der Waals surface area contributed by atoms with E-state index in [0.29, 0.717) is 5.69 Å². The summed E-state index contributed by atoms with van der Waals surface area (Å²) in [6, 6.07) is 5.34. The molecule has 0 radical (unpaired) electrons. The first kappa shape index (κ1) is 11.7. The normalized spacial score (nSPS) is 9.73. The number of carboxylic acid groups (broad SMARTS) is 1. The number of carbonyl (C=O) groups excluding carboxylic acids is 1. The van der Waals surface area contributed by atoms with Crippen molar-refractivity contribution in [3.63, 3.8) is 0 Å². The van der Waals surface area contributed by atoms with Crippen LogP contribution in [0.3, 0.4) is 0 Å². The van der Waals surface area contributed by atoms with E-state index in [-0.39, 0.29) is 0 Å². The van der Waals surface area contributed by atoms with Gasteiger partial charge in [0.1, 0.15) is 6.42 Å². The summed E-state index contributed by atoms with van der Waals surface area (Å²) < 4.78 is 0.871. The van der Waals surface area contributed by atoms with Gasteiger partial charge >= 0.3 is 5.97 Å². The summed E-state index contributed by atoms with van der Waals surface area (Å²) in [7, 11) is 0. The van der Waals surface area contributed by atoms with E-state index in [4.69, 9.17) is 5.11 Å². The SMILES string of the molecule is Cc1c(Br)cccc1NC(=O)CC(=O)O. The molecule has 0 heterocycles. The van der Waals surface area contributed by atoms with E-state index in [2.05, 4.69) is 21.2 Å². The summed E-state index contributed by atoms with van der Waals surface area (Å²) in [4.78, 5) is 21.5. The molecule has 0 saturated heterocycles. The van der Waals surface area contributed by atoms with E-state index in [1.165, 1.54) is 0 Å². The predicted octanol–water partition coefficient (Wildman–Crippen LogP) is 2.17. The van der Waals surface area contributed by atoms with Crippen molar-refractivity contribution < 1.29 is 14.7 Å². The molecule has 0 spiro atoms. The summed E-state index contributed by atoms with van der Waals surface area (Å²) in [6.45, 7) is 1.83. The van der Waals surface area contributed by atoms with Crippen molar-refractivity contribution in [3.05, 3.63) is 28.2 Å². The van der Waals surface area contributed by atoms with Gasteiger partial charge in [0, 0.05) is 10.2 Å². The first-order valence-corrected chi connectivity index (χ1v) is 5.06. The number of benzene rings is 1. The van der Waals surface area contributed by atoms with Crippen molar-refractivity contribution in [3.8, 4) is 0 Å². The monoisotopic (exact) mass is 271 g/mol. The highest BCUT2D eigenvalue weighted by Gasteiger charge is 2.09. The molecule has 0 unspecified atom stereocenters. The molecule has 15 heavy (non-hydrogen) atoms. The Hall–Kier alpha value is -1.36. The highest BCUT2D eigenvalue weighted by Crippen LogP contribution is 2.23. The molecule has 0 saturated carbocycles. The van der Waals surface area contributed by atoms with E-state index >= 15 is 0 Å². The minimum absolute atomic E-state index is 0.522. The van der Waals surface area contributed by atoms with Gasteiger partial charge in [-0.25, -0.2) is 0 Å². The molecular weight excluding hydrogens is 262 g/mol. The fourth-order valence-electron chi connectivity index (χ4n) is 1.07. The Balaban J connectivity index is 2.77. The van der Waals surface area contributed by atoms with Crippen LogP contribution in [0.25, 0.3) is 0 Å². The molecule has 0 aromatic heterocycles. The van der Waals surface area contributed by atoms with Gasteiger partial charge in [-0.3, -0.25) is 9.59 Å². The maximum absolute atomic E-state index is 11.2. The third-order valence-electron chi connectivity index (χ3n) is 1.85. The van der Waals surface area contributed by atoms with Crippen LogP contribution in [0.15, 0.2) is 22.7 Å². The number of halogens is 1. The zero-order chi connectivity index (χ0) is 11.4. The summed E-state index contributed by atoms with van der Waals surface area (Å²) in [6.07, 6.45) is -0.522. The summed E-state index contributed by atoms with van der Waals surface area (Å²) >= 11 is 3.32. The van der Waals surface area contributed by atoms with Crippen LogP contribution in [0.1, 0.15) is 12.0 Å². The van der Waals surface area contributed by atoms with Crippen LogP contribution in [0.4, 0.5) is 5.69 Å². The highest BCUT2D eigenvalue weighted by molar-refractivity contribution is 9.10. The van der Waals surface area contributed by atoms with Gasteiger partial charge < -0.3 is 10.4 Å². The van der Waals surface area contributed by atoms with Crippen LogP contribution in [-0.4, -0.2) is 17.0 Å². The van der Waals surface area contributed by atoms with Crippen LogP contribution in [-0.2, 0) is 9.59 Å². The summed E-state index contributed by atoms with van der Waals surface area (Å²) in [5.74, 6) is -1.66. The summed E-state index contributed by atoms with van der Waals surface area (Å²) in [5.41, 5.74) is 1.49. The van der Waals surface area contributed by atoms with Crippen LogP contribution in [0, 0.1) is 6.92 Å². The maximum atomic E-state index is 11.2. The van der Waals surface area contributed by atoms with E-state index in [1.54, 1.807) is 12.1 Å². The van der Waals surface area contributed by atoms with Gasteiger partial charge in [-0.05, 0) is 24.6 Å². The molecule has 5 heteroatoms. The molecule has 0 fully saturated rings. The predicted molar refractivity (Wildman–Crippen MR) is 59.8 cm³/mol. The quantitative estimate of drug-likeness (QED) is 0.829. The molecule has 0 bridgehead atoms. The Morgan fingerprint density at radius 1 is 1.47 bits per heavy atom. The molecule has 1 aromatic carbocycles. The lowest BCUT2D eigenvalue weighted by molar-refractivity contribution is -0.139. The molecule has 0 aliphatic carbocycles. The largest absolute Gasteiger partial charge is 0.481 e. The number of carbonyl (C=O) groups is 2. The molecule has 1 aromatic rings. The molecular formula is C10H10BrNO3. The standard InChI is InChI=1S/C10H10BrNO3/c1-6-7(11)3-2-4-8(6)12-9(13)5-10(14)15/h2-4H,5H2,1H3,(H,12,13)(H,14,15). The highest BCUT2D eigenvalue weighted by atomic mass is 79.9. The number of carboxylic acids is 1. The zero-order valence-electron chi connectivity index (χ0n) is 8.08. The van der Waals surface area contributed by atoms with E-state index in [9.17, 15) is 9.59 Å². The van der Waals surface area contributed by atoms with Gasteiger partial charge in [-0.2, -0.15) is 0 Å². The number of hydrogen-bond donors (Lipinski definition) is 2. The first-order valence-electron chi connectivity index (χ1n) is 4.27. The van der Waals surface area contributed by atoms with E-state index < -0.39 is 18.3 Å². The van der Waals surface area contributed by atoms with Crippen molar-refractivity contribution in [1.29, 1.82) is 0 Å². The van der Waals surface area contributed by atoms with Crippen molar-refractivity contribution in [2.45, 2.75) is 13.3 Å². The lowest BCUT2D eigenvalue weighted by Crippen LogP contribution is -2.16. The van der Waals surface area contributed by atoms with Crippen molar-refractivity contribution in [2.24, 2.45) is 0 Å². The minimum Gasteiger partial charge on any atom is -0.481 e. The van der Waals surface area contributed by atoms with Crippen LogP contribution < -0.4 is 5.32 Å². The molecule has 1 rings (SSSR count). The number of rotatable bonds is 3. The Morgan fingerprint density at radius 2 is 2.13 bits per heavy atom. The molecule has 0 aliphatic heterocycles. The second kappa shape index (κ2) is 4.93. The van der Waals surface area contributed by atoms with Crippen molar-refractivity contribution in [2.75, 3.05) is 5.32 Å². The average molecular weight is 272 g/mol. The lowest BCUT2D eigenvalue weighted by Gasteiger charge is -2.08. The Kier molecular flexibility index (Phi) is 3.85. The third kappa shape index (κ3) is 3.36. The lowest BCUT2D eigenvalue weighted by atomic mass is 10.2. The fraction of sp³-hybridized carbons (Fsp3) is 0.200. The van der Waals surface area contributed by atoms with Gasteiger partial charge in [-0.1, -0.05) is 22.0 Å². The molecule has 0 atom stereocenters. The van der Waals surface area contributed by atoms with Gasteiger partial charge in [0.2, 0.25) is 5.91 Å². The second-order valence-electron chi connectivity index (χ2n) is 3.03.